The third kappa shape index (κ3) is 3.07. The highest BCUT2D eigenvalue weighted by Crippen LogP contribution is 2.19. The molecule has 1 saturated heterocycles. The van der Waals surface area contributed by atoms with E-state index in [1.54, 1.807) is 0 Å². The Morgan fingerprint density at radius 1 is 1.40 bits per heavy atom. The Hall–Kier alpha value is -1.69. The van der Waals surface area contributed by atoms with Crippen LogP contribution in [0, 0.1) is 11.6 Å². The minimum absolute atomic E-state index is 0.0181. The van der Waals surface area contributed by atoms with Crippen molar-refractivity contribution >= 4 is 11.6 Å². The molecule has 110 valence electrons. The van der Waals surface area contributed by atoms with Crippen LogP contribution in [0.2, 0.25) is 0 Å². The molecular weight excluding hydrogens is 264 g/mol. The smallest absolute Gasteiger partial charge is 0.253 e. The first-order valence-electron chi connectivity index (χ1n) is 6.64. The lowest BCUT2D eigenvalue weighted by Crippen LogP contribution is -2.47. The number of likely N-dealkylation sites (tertiary alicyclic amines) is 1. The van der Waals surface area contributed by atoms with Gasteiger partial charge in [0.15, 0.2) is 11.6 Å². The van der Waals surface area contributed by atoms with Crippen LogP contribution in [0.25, 0.3) is 0 Å². The maximum absolute atomic E-state index is 13.2. The van der Waals surface area contributed by atoms with Gasteiger partial charge in [0.25, 0.3) is 5.91 Å². The maximum atomic E-state index is 13.2. The average molecular weight is 283 g/mol. The number of amides is 1. The lowest BCUT2D eigenvalue weighted by atomic mass is 9.98. The normalized spacial score (nSPS) is 23.6. The molecular formula is C14H19F2N3O. The Morgan fingerprint density at radius 2 is 2.05 bits per heavy atom. The lowest BCUT2D eigenvalue weighted by molar-refractivity contribution is 0.0897. The van der Waals surface area contributed by atoms with Crippen LogP contribution in [0.15, 0.2) is 12.1 Å². The number of rotatable bonds is 2. The molecule has 6 heteroatoms. The molecule has 1 fully saturated rings. The van der Waals surface area contributed by atoms with Crippen molar-refractivity contribution in [2.24, 2.45) is 0 Å². The highest BCUT2D eigenvalue weighted by Gasteiger charge is 2.25. The van der Waals surface area contributed by atoms with Gasteiger partial charge in [-0.3, -0.25) is 4.79 Å². The van der Waals surface area contributed by atoms with Crippen LogP contribution < -0.4 is 11.1 Å². The van der Waals surface area contributed by atoms with Gasteiger partial charge >= 0.3 is 0 Å². The van der Waals surface area contributed by atoms with Crippen molar-refractivity contribution in [2.75, 3.05) is 19.3 Å². The van der Waals surface area contributed by atoms with E-state index < -0.39 is 17.5 Å². The van der Waals surface area contributed by atoms with Gasteiger partial charge in [0.05, 0.1) is 5.56 Å². The number of halogens is 2. The van der Waals surface area contributed by atoms with Crippen LogP contribution in [-0.4, -0.2) is 36.5 Å². The Labute approximate surface area is 116 Å². The number of nitrogens with zero attached hydrogens (tertiary/aromatic N) is 1. The lowest BCUT2D eigenvalue weighted by Gasteiger charge is -2.35. The number of anilines is 1. The van der Waals surface area contributed by atoms with Crippen LogP contribution in [0.1, 0.15) is 30.1 Å². The molecule has 20 heavy (non-hydrogen) atoms. The molecule has 4 nitrogen and oxygen atoms in total. The van der Waals surface area contributed by atoms with Crippen LogP contribution >= 0.6 is 0 Å². The van der Waals surface area contributed by atoms with Crippen molar-refractivity contribution < 1.29 is 13.6 Å². The predicted octanol–water partition coefficient (Wildman–Crippen LogP) is 1.76. The summed E-state index contributed by atoms with van der Waals surface area (Å²) in [7, 11) is 2.04. The second kappa shape index (κ2) is 5.75. The quantitative estimate of drug-likeness (QED) is 0.813. The fraction of sp³-hybridized carbons (Fsp3) is 0.500. The number of carbonyl (C=O) groups excluding carboxylic acids is 1. The van der Waals surface area contributed by atoms with E-state index in [4.69, 9.17) is 5.73 Å². The van der Waals surface area contributed by atoms with E-state index in [-0.39, 0.29) is 17.3 Å². The van der Waals surface area contributed by atoms with E-state index in [0.717, 1.165) is 31.5 Å². The van der Waals surface area contributed by atoms with Gasteiger partial charge < -0.3 is 16.0 Å². The van der Waals surface area contributed by atoms with E-state index in [2.05, 4.69) is 17.1 Å². The number of nitrogens with one attached hydrogen (secondary N) is 1. The molecule has 0 aliphatic carbocycles. The maximum Gasteiger partial charge on any atom is 0.253 e. The Morgan fingerprint density at radius 3 is 2.70 bits per heavy atom. The number of hydrogen-bond donors (Lipinski definition) is 2. The molecule has 1 amide bonds. The van der Waals surface area contributed by atoms with Gasteiger partial charge in [-0.15, -0.1) is 0 Å². The Bertz CT molecular complexity index is 521. The molecule has 1 aromatic rings. The average Bonchev–Trinajstić information content (AvgIpc) is 2.38. The highest BCUT2D eigenvalue weighted by atomic mass is 19.2. The summed E-state index contributed by atoms with van der Waals surface area (Å²) in [5.74, 6) is -2.57. The van der Waals surface area contributed by atoms with Crippen LogP contribution in [0.3, 0.4) is 0 Å². The molecule has 1 aromatic carbocycles. The monoisotopic (exact) mass is 283 g/mol. The van der Waals surface area contributed by atoms with E-state index in [1.807, 2.05) is 7.05 Å². The summed E-state index contributed by atoms with van der Waals surface area (Å²) < 4.78 is 26.2. The number of nitrogen functional groups attached to an aromatic ring is 1. The first-order valence-corrected chi connectivity index (χ1v) is 6.64. The van der Waals surface area contributed by atoms with E-state index >= 15 is 0 Å². The predicted molar refractivity (Wildman–Crippen MR) is 73.4 cm³/mol. The molecule has 1 heterocycles. The summed E-state index contributed by atoms with van der Waals surface area (Å²) in [6.07, 6.45) is 1.65. The summed E-state index contributed by atoms with van der Waals surface area (Å²) in [6, 6.07) is 2.08. The Kier molecular flexibility index (Phi) is 4.23. The third-order valence-corrected chi connectivity index (χ3v) is 3.88. The van der Waals surface area contributed by atoms with Gasteiger partial charge in [0, 0.05) is 30.4 Å². The Balaban J connectivity index is 2.07. The zero-order chi connectivity index (χ0) is 14.9. The second-order valence-electron chi connectivity index (χ2n) is 5.38. The van der Waals surface area contributed by atoms with Gasteiger partial charge in [-0.25, -0.2) is 8.78 Å². The summed E-state index contributed by atoms with van der Waals surface area (Å²) in [5, 5.41) is 2.84. The zero-order valence-electron chi connectivity index (χ0n) is 11.6. The van der Waals surface area contributed by atoms with Crippen molar-refractivity contribution in [1.29, 1.82) is 0 Å². The van der Waals surface area contributed by atoms with Crippen LogP contribution in [0.4, 0.5) is 14.5 Å². The molecule has 0 aromatic heterocycles. The molecule has 0 saturated carbocycles. The van der Waals surface area contributed by atoms with Gasteiger partial charge in [0.2, 0.25) is 0 Å². The first-order chi connectivity index (χ1) is 9.38. The minimum Gasteiger partial charge on any atom is -0.398 e. The molecule has 1 aliphatic heterocycles. The van der Waals surface area contributed by atoms with E-state index in [9.17, 15) is 13.6 Å². The molecule has 3 N–H and O–H groups in total. The van der Waals surface area contributed by atoms with Gasteiger partial charge in [-0.1, -0.05) is 0 Å². The number of nitrogens with two attached hydrogens (primary N) is 1. The van der Waals surface area contributed by atoms with Crippen molar-refractivity contribution in [3.05, 3.63) is 29.3 Å². The fourth-order valence-corrected chi connectivity index (χ4v) is 2.44. The topological polar surface area (TPSA) is 58.4 Å². The van der Waals surface area contributed by atoms with E-state index in [0.29, 0.717) is 6.04 Å². The van der Waals surface area contributed by atoms with Crippen LogP contribution in [-0.2, 0) is 0 Å². The summed E-state index contributed by atoms with van der Waals surface area (Å²) in [6.45, 7) is 2.98. The summed E-state index contributed by atoms with van der Waals surface area (Å²) in [4.78, 5) is 14.3. The number of benzene rings is 1. The third-order valence-electron chi connectivity index (χ3n) is 3.88. The molecule has 1 aliphatic rings. The van der Waals surface area contributed by atoms with Crippen molar-refractivity contribution in [3.8, 4) is 0 Å². The second-order valence-corrected chi connectivity index (χ2v) is 5.38. The molecule has 0 spiro atoms. The van der Waals surface area contributed by atoms with Gasteiger partial charge in [0.1, 0.15) is 0 Å². The fourth-order valence-electron chi connectivity index (χ4n) is 2.44. The number of carbonyl (C=O) groups is 1. The highest BCUT2D eigenvalue weighted by molar-refractivity contribution is 5.99. The number of piperidine rings is 1. The molecule has 2 rings (SSSR count). The summed E-state index contributed by atoms with van der Waals surface area (Å²) in [5.41, 5.74) is 5.50. The molecule has 2 atom stereocenters. The zero-order valence-corrected chi connectivity index (χ0v) is 11.6. The SMILES string of the molecule is CC1CC(NC(=O)c2cc(F)c(F)cc2N)CCN1C. The largest absolute Gasteiger partial charge is 0.398 e. The van der Waals surface area contributed by atoms with Gasteiger partial charge in [-0.05, 0) is 32.9 Å². The first kappa shape index (κ1) is 14.7. The van der Waals surface area contributed by atoms with Crippen LogP contribution in [0.5, 0.6) is 0 Å². The molecule has 0 bridgehead atoms. The van der Waals surface area contributed by atoms with E-state index in [1.165, 1.54) is 0 Å². The van der Waals surface area contributed by atoms with Crippen molar-refractivity contribution in [2.45, 2.75) is 31.8 Å². The van der Waals surface area contributed by atoms with Crippen molar-refractivity contribution in [1.82, 2.24) is 10.2 Å². The minimum atomic E-state index is -1.07. The van der Waals surface area contributed by atoms with Crippen molar-refractivity contribution in [3.63, 3.8) is 0 Å². The summed E-state index contributed by atoms with van der Waals surface area (Å²) >= 11 is 0. The standard InChI is InChI=1S/C14H19F2N3O/c1-8-5-9(3-4-19(8)2)18-14(20)10-6-11(15)12(16)7-13(10)17/h6-9H,3-5,17H2,1-2H3,(H,18,20). The van der Waals surface area contributed by atoms with Gasteiger partial charge in [-0.2, -0.15) is 0 Å². The molecule has 0 radical (unpaired) electrons. The number of hydrogen-bond acceptors (Lipinski definition) is 3. The molecule has 2 unspecified atom stereocenters.